The number of rotatable bonds is 1. The van der Waals surface area contributed by atoms with Crippen LogP contribution >= 0.6 is 11.3 Å². The van der Waals surface area contributed by atoms with Crippen LogP contribution in [0.4, 0.5) is 0 Å². The zero-order chi connectivity index (χ0) is 12.0. The lowest BCUT2D eigenvalue weighted by Gasteiger charge is -2.18. The summed E-state index contributed by atoms with van der Waals surface area (Å²) in [6.45, 7) is 3.78. The molecule has 92 valence electrons. The van der Waals surface area contributed by atoms with Crippen molar-refractivity contribution in [1.29, 1.82) is 0 Å². The molecule has 0 spiro atoms. The van der Waals surface area contributed by atoms with Gasteiger partial charge in [-0.05, 0) is 48.6 Å². The fraction of sp³-hybridized carbons (Fsp3) is 0.615. The molecule has 1 aliphatic heterocycles. The van der Waals surface area contributed by atoms with Crippen molar-refractivity contribution in [2.24, 2.45) is 17.6 Å². The summed E-state index contributed by atoms with van der Waals surface area (Å²) in [6.07, 6.45) is 2.33. The van der Waals surface area contributed by atoms with E-state index in [0.29, 0.717) is 17.9 Å². The molecule has 3 unspecified atom stereocenters. The maximum Gasteiger partial charge on any atom is 0.264 e. The minimum atomic E-state index is 0.208. The number of hydrogen-bond donors (Lipinski definition) is 1. The van der Waals surface area contributed by atoms with Gasteiger partial charge in [-0.1, -0.05) is 0 Å². The number of aryl methyl sites for hydroxylation is 1. The van der Waals surface area contributed by atoms with Gasteiger partial charge in [-0.15, -0.1) is 11.3 Å². The Kier molecular flexibility index (Phi) is 2.71. The first-order chi connectivity index (χ1) is 8.16. The molecule has 0 radical (unpaired) electrons. The topological polar surface area (TPSA) is 46.3 Å². The van der Waals surface area contributed by atoms with Gasteiger partial charge in [0.2, 0.25) is 0 Å². The number of nitrogens with zero attached hydrogens (tertiary/aromatic N) is 1. The predicted octanol–water partition coefficient (Wildman–Crippen LogP) is 1.87. The molecule has 2 heterocycles. The van der Waals surface area contributed by atoms with E-state index in [4.69, 9.17) is 5.73 Å². The van der Waals surface area contributed by atoms with Crippen LogP contribution in [0.2, 0.25) is 0 Å². The second kappa shape index (κ2) is 4.10. The van der Waals surface area contributed by atoms with Crippen molar-refractivity contribution in [3.05, 3.63) is 21.9 Å². The summed E-state index contributed by atoms with van der Waals surface area (Å²) in [7, 11) is 0. The highest BCUT2D eigenvalue weighted by Crippen LogP contribution is 2.38. The maximum atomic E-state index is 12.4. The maximum absolute atomic E-state index is 12.4. The van der Waals surface area contributed by atoms with Gasteiger partial charge in [0.25, 0.3) is 5.91 Å². The lowest BCUT2D eigenvalue weighted by Crippen LogP contribution is -2.33. The number of nitrogens with two attached hydrogens (primary N) is 1. The molecule has 2 aliphatic rings. The number of fused-ring (bicyclic) bond motifs is 1. The van der Waals surface area contributed by atoms with Crippen LogP contribution in [0.25, 0.3) is 0 Å². The molecular formula is C13H18N2OS. The summed E-state index contributed by atoms with van der Waals surface area (Å²) in [5, 5.41) is 1.99. The predicted molar refractivity (Wildman–Crippen MR) is 69.1 cm³/mol. The highest BCUT2D eigenvalue weighted by atomic mass is 32.1. The highest BCUT2D eigenvalue weighted by Gasteiger charge is 2.42. The first-order valence-electron chi connectivity index (χ1n) is 6.26. The van der Waals surface area contributed by atoms with Gasteiger partial charge in [-0.2, -0.15) is 0 Å². The van der Waals surface area contributed by atoms with E-state index in [1.807, 2.05) is 23.3 Å². The van der Waals surface area contributed by atoms with E-state index in [1.54, 1.807) is 11.3 Å². The first kappa shape index (κ1) is 11.2. The van der Waals surface area contributed by atoms with Gasteiger partial charge in [-0.25, -0.2) is 0 Å². The van der Waals surface area contributed by atoms with Crippen molar-refractivity contribution in [3.8, 4) is 0 Å². The summed E-state index contributed by atoms with van der Waals surface area (Å²) < 4.78 is 0. The molecule has 0 aromatic carbocycles. The highest BCUT2D eigenvalue weighted by molar-refractivity contribution is 7.12. The number of carbonyl (C=O) groups excluding carboxylic acids is 1. The van der Waals surface area contributed by atoms with E-state index in [-0.39, 0.29) is 5.91 Å². The Morgan fingerprint density at radius 3 is 2.94 bits per heavy atom. The molecular weight excluding hydrogens is 232 g/mol. The average Bonchev–Trinajstić information content (AvgIpc) is 2.96. The monoisotopic (exact) mass is 250 g/mol. The normalized spacial score (nSPS) is 31.9. The third-order valence-electron chi connectivity index (χ3n) is 4.26. The number of amides is 1. The fourth-order valence-corrected chi connectivity index (χ4v) is 4.10. The van der Waals surface area contributed by atoms with Crippen molar-refractivity contribution in [2.45, 2.75) is 25.8 Å². The molecule has 1 aromatic heterocycles. The molecule has 3 atom stereocenters. The molecule has 3 nitrogen and oxygen atoms in total. The summed E-state index contributed by atoms with van der Waals surface area (Å²) in [5.41, 5.74) is 7.19. The van der Waals surface area contributed by atoms with Crippen molar-refractivity contribution < 1.29 is 4.79 Å². The van der Waals surface area contributed by atoms with Gasteiger partial charge in [0.05, 0.1) is 4.88 Å². The van der Waals surface area contributed by atoms with Crippen molar-refractivity contribution >= 4 is 17.2 Å². The average molecular weight is 250 g/mol. The SMILES string of the molecule is Cc1ccsc1C(=O)N1CC2CCC(N)C2C1. The van der Waals surface area contributed by atoms with E-state index >= 15 is 0 Å². The van der Waals surface area contributed by atoms with Crippen LogP contribution in [-0.4, -0.2) is 29.9 Å². The third-order valence-corrected chi connectivity index (χ3v) is 5.26. The molecule has 1 aromatic rings. The Morgan fingerprint density at radius 1 is 1.47 bits per heavy atom. The Labute approximate surface area is 106 Å². The minimum Gasteiger partial charge on any atom is -0.337 e. The molecule has 3 rings (SSSR count). The molecule has 0 bridgehead atoms. The largest absolute Gasteiger partial charge is 0.337 e. The van der Waals surface area contributed by atoms with Gasteiger partial charge < -0.3 is 10.6 Å². The lowest BCUT2D eigenvalue weighted by atomic mass is 9.98. The quantitative estimate of drug-likeness (QED) is 0.827. The molecule has 1 saturated heterocycles. The summed E-state index contributed by atoms with van der Waals surface area (Å²) in [5.74, 6) is 1.40. The zero-order valence-electron chi connectivity index (χ0n) is 10.1. The second-order valence-electron chi connectivity index (χ2n) is 5.31. The molecule has 1 amide bonds. The standard InChI is InChI=1S/C13H18N2OS/c1-8-4-5-17-12(8)13(16)15-6-9-2-3-11(14)10(9)7-15/h4-5,9-11H,2-3,6-7,14H2,1H3. The van der Waals surface area contributed by atoms with Crippen LogP contribution in [0.5, 0.6) is 0 Å². The molecule has 1 saturated carbocycles. The van der Waals surface area contributed by atoms with Gasteiger partial charge in [0, 0.05) is 19.1 Å². The van der Waals surface area contributed by atoms with Gasteiger partial charge in [0.1, 0.15) is 0 Å². The molecule has 4 heteroatoms. The summed E-state index contributed by atoms with van der Waals surface area (Å²) in [6, 6.07) is 2.32. The van der Waals surface area contributed by atoms with Crippen LogP contribution < -0.4 is 5.73 Å². The number of hydrogen-bond acceptors (Lipinski definition) is 3. The lowest BCUT2D eigenvalue weighted by molar-refractivity contribution is 0.0784. The third kappa shape index (κ3) is 1.79. The van der Waals surface area contributed by atoms with Crippen LogP contribution in [0.15, 0.2) is 11.4 Å². The molecule has 17 heavy (non-hydrogen) atoms. The van der Waals surface area contributed by atoms with Crippen LogP contribution in [0, 0.1) is 18.8 Å². The van der Waals surface area contributed by atoms with Crippen molar-refractivity contribution in [1.82, 2.24) is 4.90 Å². The van der Waals surface area contributed by atoms with Gasteiger partial charge >= 0.3 is 0 Å². The van der Waals surface area contributed by atoms with E-state index in [2.05, 4.69) is 0 Å². The van der Waals surface area contributed by atoms with Crippen LogP contribution in [0.3, 0.4) is 0 Å². The van der Waals surface area contributed by atoms with E-state index in [1.165, 1.54) is 6.42 Å². The number of carbonyl (C=O) groups is 1. The smallest absolute Gasteiger partial charge is 0.264 e. The van der Waals surface area contributed by atoms with E-state index < -0.39 is 0 Å². The fourth-order valence-electron chi connectivity index (χ4n) is 3.21. The van der Waals surface area contributed by atoms with Crippen molar-refractivity contribution in [2.75, 3.05) is 13.1 Å². The molecule has 1 aliphatic carbocycles. The summed E-state index contributed by atoms with van der Waals surface area (Å²) in [4.78, 5) is 15.3. The Balaban J connectivity index is 1.75. The van der Waals surface area contributed by atoms with Gasteiger partial charge in [0.15, 0.2) is 0 Å². The molecule has 2 N–H and O–H groups in total. The van der Waals surface area contributed by atoms with Crippen molar-refractivity contribution in [3.63, 3.8) is 0 Å². The second-order valence-corrected chi connectivity index (χ2v) is 6.22. The Morgan fingerprint density at radius 2 is 2.29 bits per heavy atom. The number of likely N-dealkylation sites (tertiary alicyclic amines) is 1. The summed E-state index contributed by atoms with van der Waals surface area (Å²) >= 11 is 1.55. The van der Waals surface area contributed by atoms with Gasteiger partial charge in [-0.3, -0.25) is 4.79 Å². The minimum absolute atomic E-state index is 0.208. The van der Waals surface area contributed by atoms with Crippen LogP contribution in [-0.2, 0) is 0 Å². The Hall–Kier alpha value is -0.870. The van der Waals surface area contributed by atoms with E-state index in [0.717, 1.165) is 30.0 Å². The molecule has 2 fully saturated rings. The number of thiophene rings is 1. The zero-order valence-corrected chi connectivity index (χ0v) is 10.9. The first-order valence-corrected chi connectivity index (χ1v) is 7.13. The Bertz CT molecular complexity index is 442. The van der Waals surface area contributed by atoms with E-state index in [9.17, 15) is 4.79 Å². The van der Waals surface area contributed by atoms with Crippen LogP contribution in [0.1, 0.15) is 28.1 Å².